The molecular formula is C29H46N2O5S. The number of hydrogen-bond donors (Lipinski definition) is 1. The number of amides is 2. The Labute approximate surface area is 227 Å². The topological polar surface area (TPSA) is 87.1 Å². The van der Waals surface area contributed by atoms with Gasteiger partial charge in [-0.1, -0.05) is 32.9 Å². The number of allylic oxidation sites excluding steroid dienone is 1. The zero-order valence-corrected chi connectivity index (χ0v) is 24.4. The molecule has 3 saturated heterocycles. The maximum Gasteiger partial charge on any atom is 0.311 e. The van der Waals surface area contributed by atoms with E-state index in [0.717, 1.165) is 19.3 Å². The smallest absolute Gasteiger partial charge is 0.311 e. The summed E-state index contributed by atoms with van der Waals surface area (Å²) in [5.41, 5.74) is -0.504. The molecule has 2 bridgehead atoms. The summed E-state index contributed by atoms with van der Waals surface area (Å²) in [4.78, 5) is 45.3. The molecule has 0 aromatic rings. The number of thioether (sulfide) groups is 1. The van der Waals surface area contributed by atoms with E-state index < -0.39 is 32.9 Å². The Morgan fingerprint density at radius 2 is 1.89 bits per heavy atom. The minimum atomic E-state index is -0.748. The lowest BCUT2D eigenvalue weighted by molar-refractivity contribution is -0.155. The SMILES string of the molecule is C=CCCCOC(=O)[C@@H]1[C@H]2C(=O)N(CCO)C(C(=O)N(CC=C)C(C)(C)CC(C)(C)C)C23CC[C@@]1(C)S3. The van der Waals surface area contributed by atoms with Crippen molar-refractivity contribution >= 4 is 29.5 Å². The van der Waals surface area contributed by atoms with Gasteiger partial charge in [-0.15, -0.1) is 24.9 Å². The van der Waals surface area contributed by atoms with Crippen LogP contribution in [0.25, 0.3) is 0 Å². The molecule has 0 aromatic carbocycles. The van der Waals surface area contributed by atoms with Gasteiger partial charge in [0.1, 0.15) is 6.04 Å². The molecule has 7 nitrogen and oxygen atoms in total. The molecule has 3 rings (SSSR count). The molecule has 37 heavy (non-hydrogen) atoms. The summed E-state index contributed by atoms with van der Waals surface area (Å²) < 4.78 is 4.47. The average molecular weight is 535 g/mol. The fraction of sp³-hybridized carbons (Fsp3) is 0.759. The number of aliphatic hydroxyl groups excluding tert-OH is 1. The lowest BCUT2D eigenvalue weighted by atomic mass is 9.66. The molecule has 5 atom stereocenters. The Bertz CT molecular complexity index is 928. The highest BCUT2D eigenvalue weighted by Crippen LogP contribution is 2.71. The largest absolute Gasteiger partial charge is 0.465 e. The van der Waals surface area contributed by atoms with Gasteiger partial charge in [0.25, 0.3) is 0 Å². The van der Waals surface area contributed by atoms with Crippen LogP contribution in [-0.2, 0) is 19.1 Å². The van der Waals surface area contributed by atoms with Crippen LogP contribution in [0.1, 0.15) is 73.6 Å². The zero-order chi connectivity index (χ0) is 27.8. The van der Waals surface area contributed by atoms with Gasteiger partial charge in [-0.05, 0) is 58.3 Å². The second-order valence-corrected chi connectivity index (χ2v) is 14.8. The van der Waals surface area contributed by atoms with Crippen molar-refractivity contribution in [3.05, 3.63) is 25.3 Å². The first-order valence-corrected chi connectivity index (χ1v) is 14.3. The minimum Gasteiger partial charge on any atom is -0.465 e. The first-order valence-electron chi connectivity index (χ1n) is 13.5. The van der Waals surface area contributed by atoms with E-state index in [2.05, 4.69) is 47.8 Å². The van der Waals surface area contributed by atoms with Crippen LogP contribution in [-0.4, -0.2) is 80.1 Å². The van der Waals surface area contributed by atoms with Crippen LogP contribution in [0.2, 0.25) is 0 Å². The highest BCUT2D eigenvalue weighted by molar-refractivity contribution is 8.02. The second-order valence-electron chi connectivity index (χ2n) is 12.9. The Hall–Kier alpha value is -1.80. The van der Waals surface area contributed by atoms with Gasteiger partial charge in [-0.25, -0.2) is 0 Å². The van der Waals surface area contributed by atoms with Crippen molar-refractivity contribution in [1.29, 1.82) is 0 Å². The summed E-state index contributed by atoms with van der Waals surface area (Å²) >= 11 is 1.63. The van der Waals surface area contributed by atoms with E-state index in [4.69, 9.17) is 4.74 Å². The molecule has 208 valence electrons. The van der Waals surface area contributed by atoms with Crippen molar-refractivity contribution in [1.82, 2.24) is 9.80 Å². The predicted molar refractivity (Wildman–Crippen MR) is 148 cm³/mol. The Kier molecular flexibility index (Phi) is 8.65. The molecule has 3 fully saturated rings. The number of rotatable bonds is 12. The third-order valence-corrected chi connectivity index (χ3v) is 10.2. The number of hydrogen-bond acceptors (Lipinski definition) is 6. The molecule has 0 aliphatic carbocycles. The third-order valence-electron chi connectivity index (χ3n) is 8.17. The molecule has 3 heterocycles. The van der Waals surface area contributed by atoms with Gasteiger partial charge < -0.3 is 19.6 Å². The molecule has 2 amide bonds. The van der Waals surface area contributed by atoms with Gasteiger partial charge in [0.05, 0.1) is 29.8 Å². The molecule has 3 aliphatic rings. The lowest BCUT2D eigenvalue weighted by Gasteiger charge is -2.45. The van der Waals surface area contributed by atoms with Crippen LogP contribution in [0.3, 0.4) is 0 Å². The molecule has 2 unspecified atom stereocenters. The summed E-state index contributed by atoms with van der Waals surface area (Å²) in [6.07, 6.45) is 7.13. The number of esters is 1. The van der Waals surface area contributed by atoms with Crippen molar-refractivity contribution in [2.45, 2.75) is 94.7 Å². The molecule has 1 spiro atoms. The van der Waals surface area contributed by atoms with E-state index in [0.29, 0.717) is 19.4 Å². The van der Waals surface area contributed by atoms with E-state index in [9.17, 15) is 19.5 Å². The Balaban J connectivity index is 2.01. The van der Waals surface area contributed by atoms with Crippen LogP contribution < -0.4 is 0 Å². The molecule has 8 heteroatoms. The van der Waals surface area contributed by atoms with Gasteiger partial charge in [-0.3, -0.25) is 14.4 Å². The van der Waals surface area contributed by atoms with E-state index in [1.54, 1.807) is 28.8 Å². The maximum absolute atomic E-state index is 14.5. The van der Waals surface area contributed by atoms with Gasteiger partial charge in [0, 0.05) is 23.4 Å². The van der Waals surface area contributed by atoms with E-state index in [1.165, 1.54) is 0 Å². The van der Waals surface area contributed by atoms with Crippen molar-refractivity contribution in [3.63, 3.8) is 0 Å². The van der Waals surface area contributed by atoms with Gasteiger partial charge in [0.15, 0.2) is 0 Å². The third kappa shape index (κ3) is 5.38. The molecule has 3 aliphatic heterocycles. The minimum absolute atomic E-state index is 0.0191. The van der Waals surface area contributed by atoms with Crippen molar-refractivity contribution in [3.8, 4) is 0 Å². The van der Waals surface area contributed by atoms with E-state index in [-0.39, 0.29) is 43.0 Å². The first-order chi connectivity index (χ1) is 17.2. The van der Waals surface area contributed by atoms with Crippen LogP contribution >= 0.6 is 11.8 Å². The predicted octanol–water partition coefficient (Wildman–Crippen LogP) is 4.20. The summed E-state index contributed by atoms with van der Waals surface area (Å²) in [5.74, 6) is -1.96. The number of aliphatic hydroxyl groups is 1. The van der Waals surface area contributed by atoms with Gasteiger partial charge in [0.2, 0.25) is 11.8 Å². The fourth-order valence-electron chi connectivity index (χ4n) is 7.21. The number of fused-ring (bicyclic) bond motifs is 1. The molecule has 0 radical (unpaired) electrons. The zero-order valence-electron chi connectivity index (χ0n) is 23.5. The summed E-state index contributed by atoms with van der Waals surface area (Å²) in [6, 6.07) is -0.748. The number of unbranched alkanes of at least 4 members (excludes halogenated alkanes) is 1. The molecular weight excluding hydrogens is 488 g/mol. The lowest BCUT2D eigenvalue weighted by Crippen LogP contribution is -2.60. The summed E-state index contributed by atoms with van der Waals surface area (Å²) in [7, 11) is 0. The Morgan fingerprint density at radius 1 is 1.22 bits per heavy atom. The van der Waals surface area contributed by atoms with Crippen LogP contribution in [0, 0.1) is 17.3 Å². The number of β-amino-alcohol motifs (C(OH)–C–C–N with tert-alkyl or cyclic N) is 1. The quantitative estimate of drug-likeness (QED) is 0.229. The average Bonchev–Trinajstić information content (AvgIpc) is 3.34. The Morgan fingerprint density at radius 3 is 2.46 bits per heavy atom. The number of carbonyl (C=O) groups excluding carboxylic acids is 3. The van der Waals surface area contributed by atoms with Gasteiger partial charge >= 0.3 is 5.97 Å². The molecule has 0 saturated carbocycles. The van der Waals surface area contributed by atoms with Crippen LogP contribution in [0.4, 0.5) is 0 Å². The highest BCUT2D eigenvalue weighted by atomic mass is 32.2. The number of likely N-dealkylation sites (tertiary alicyclic amines) is 1. The van der Waals surface area contributed by atoms with Crippen molar-refractivity contribution in [2.75, 3.05) is 26.3 Å². The summed E-state index contributed by atoms with van der Waals surface area (Å²) in [5, 5.41) is 9.88. The van der Waals surface area contributed by atoms with Gasteiger partial charge in [-0.2, -0.15) is 0 Å². The first kappa shape index (κ1) is 29.8. The highest BCUT2D eigenvalue weighted by Gasteiger charge is 2.77. The second kappa shape index (κ2) is 10.8. The molecule has 1 N–H and O–H groups in total. The van der Waals surface area contributed by atoms with Crippen molar-refractivity contribution < 1.29 is 24.2 Å². The fourth-order valence-corrected chi connectivity index (χ4v) is 9.55. The molecule has 0 aromatic heterocycles. The van der Waals surface area contributed by atoms with Crippen molar-refractivity contribution in [2.24, 2.45) is 17.3 Å². The van der Waals surface area contributed by atoms with Crippen LogP contribution in [0.15, 0.2) is 25.3 Å². The number of ether oxygens (including phenoxy) is 1. The maximum atomic E-state index is 14.5. The van der Waals surface area contributed by atoms with E-state index >= 15 is 0 Å². The number of nitrogens with zero attached hydrogens (tertiary/aromatic N) is 2. The monoisotopic (exact) mass is 534 g/mol. The number of carbonyl (C=O) groups is 3. The standard InChI is InChI=1S/C29H46N2O5S/c1-9-11-12-18-36-25(35)21-20-23(33)30(16-17-32)22(29(20)14-13-28(21,8)37-29)24(34)31(15-10-2)27(6,7)19-26(3,4)5/h9-10,20-22,32H,1-2,11-19H2,3-8H3/t20-,21-,22?,28+,29?/m0/s1. The van der Waals surface area contributed by atoms with Crippen LogP contribution in [0.5, 0.6) is 0 Å². The summed E-state index contributed by atoms with van der Waals surface area (Å²) in [6.45, 7) is 20.7. The normalized spacial score (nSPS) is 30.8. The van der Waals surface area contributed by atoms with E-state index in [1.807, 2.05) is 11.8 Å².